The normalized spacial score (nSPS) is 16.3. The molecule has 0 radical (unpaired) electrons. The lowest BCUT2D eigenvalue weighted by Gasteiger charge is -2.26. The van der Waals surface area contributed by atoms with Gasteiger partial charge in [-0.1, -0.05) is 23.8 Å². The van der Waals surface area contributed by atoms with Gasteiger partial charge in [0.15, 0.2) is 23.1 Å². The smallest absolute Gasteiger partial charge is 0.197 e. The number of nitrogens with one attached hydrogen (secondary N) is 1. The highest BCUT2D eigenvalue weighted by Crippen LogP contribution is 2.58. The molecule has 3 rings (SSSR count). The number of benzene rings is 1. The third-order valence-electron chi connectivity index (χ3n) is 5.49. The minimum atomic E-state index is -0.587. The average Bonchev–Trinajstić information content (AvgIpc) is 3.44. The van der Waals surface area contributed by atoms with Gasteiger partial charge in [-0.25, -0.2) is 4.39 Å². The van der Waals surface area contributed by atoms with Gasteiger partial charge in [0.05, 0.1) is 30.9 Å². The number of halogens is 1. The molecule has 0 bridgehead atoms. The summed E-state index contributed by atoms with van der Waals surface area (Å²) in [6, 6.07) is 1.79. The van der Waals surface area contributed by atoms with E-state index in [0.717, 1.165) is 24.0 Å². The Balaban J connectivity index is 2.02. The van der Waals surface area contributed by atoms with E-state index in [4.69, 9.17) is 14.9 Å². The first-order chi connectivity index (χ1) is 14.7. The number of hydrogen-bond donors (Lipinski definition) is 1. The second-order valence-corrected chi connectivity index (χ2v) is 8.36. The fourth-order valence-corrected chi connectivity index (χ4v) is 4.15. The summed E-state index contributed by atoms with van der Waals surface area (Å²) in [5, 5.41) is 8.73. The second-order valence-electron chi connectivity index (χ2n) is 8.36. The molecule has 1 fully saturated rings. The molecule has 1 aromatic carbocycles. The highest BCUT2D eigenvalue weighted by Gasteiger charge is 2.58. The fourth-order valence-electron chi connectivity index (χ4n) is 4.15. The Kier molecular flexibility index (Phi) is 6.39. The van der Waals surface area contributed by atoms with Crippen LogP contribution in [0.15, 0.2) is 41.5 Å². The maximum absolute atomic E-state index is 15.5. The van der Waals surface area contributed by atoms with E-state index in [1.54, 1.807) is 24.0 Å². The number of ketones is 1. The van der Waals surface area contributed by atoms with Crippen molar-refractivity contribution in [1.29, 1.82) is 5.41 Å². The standard InChI is InChI=1S/C25H31FN2O3/c1-7-30-20-13-18-21(22(26)23(20)31-8-2)24(27)28(25(18)9-10-25)14-19(29)17(11-15(3)4)12-16(5)6/h11-13,27H,3,7-10,14H2,1-2,4-6H3. The van der Waals surface area contributed by atoms with Gasteiger partial charge in [0.25, 0.3) is 0 Å². The van der Waals surface area contributed by atoms with Gasteiger partial charge in [0, 0.05) is 5.57 Å². The molecule has 0 atom stereocenters. The molecule has 0 aromatic heterocycles. The summed E-state index contributed by atoms with van der Waals surface area (Å²) < 4.78 is 26.7. The van der Waals surface area contributed by atoms with E-state index < -0.39 is 11.4 Å². The molecule has 5 nitrogen and oxygen atoms in total. The average molecular weight is 427 g/mol. The molecular weight excluding hydrogens is 395 g/mol. The minimum absolute atomic E-state index is 0.00375. The molecule has 1 aliphatic carbocycles. The summed E-state index contributed by atoms with van der Waals surface area (Å²) in [4.78, 5) is 14.9. The third-order valence-corrected chi connectivity index (χ3v) is 5.49. The van der Waals surface area contributed by atoms with Crippen molar-refractivity contribution in [3.05, 3.63) is 58.5 Å². The Morgan fingerprint density at radius 3 is 2.39 bits per heavy atom. The number of rotatable bonds is 9. The van der Waals surface area contributed by atoms with Crippen LogP contribution in [-0.4, -0.2) is 36.3 Å². The first kappa shape index (κ1) is 22.8. The van der Waals surface area contributed by atoms with Gasteiger partial charge in [-0.05, 0) is 65.2 Å². The van der Waals surface area contributed by atoms with E-state index >= 15 is 4.39 Å². The molecule has 2 aliphatic rings. The van der Waals surface area contributed by atoms with Crippen molar-refractivity contribution >= 4 is 11.6 Å². The molecule has 0 amide bonds. The van der Waals surface area contributed by atoms with Crippen molar-refractivity contribution in [3.8, 4) is 11.5 Å². The van der Waals surface area contributed by atoms with Crippen LogP contribution in [0.1, 0.15) is 58.6 Å². The zero-order valence-corrected chi connectivity index (χ0v) is 19.0. The van der Waals surface area contributed by atoms with Gasteiger partial charge in [-0.3, -0.25) is 10.2 Å². The van der Waals surface area contributed by atoms with Crippen LogP contribution in [0, 0.1) is 11.2 Å². The largest absolute Gasteiger partial charge is 0.490 e. The Bertz CT molecular complexity index is 999. The van der Waals surface area contributed by atoms with Crippen LogP contribution in [0.5, 0.6) is 11.5 Å². The molecule has 1 spiro atoms. The van der Waals surface area contributed by atoms with E-state index in [9.17, 15) is 4.79 Å². The van der Waals surface area contributed by atoms with Gasteiger partial charge in [-0.15, -0.1) is 0 Å². The van der Waals surface area contributed by atoms with Crippen molar-refractivity contribution in [3.63, 3.8) is 0 Å². The molecule has 166 valence electrons. The molecular formula is C25H31FN2O3. The van der Waals surface area contributed by atoms with Crippen LogP contribution >= 0.6 is 0 Å². The molecule has 31 heavy (non-hydrogen) atoms. The zero-order chi connectivity index (χ0) is 22.9. The van der Waals surface area contributed by atoms with Crippen LogP contribution in [0.25, 0.3) is 0 Å². The first-order valence-corrected chi connectivity index (χ1v) is 10.7. The number of amidine groups is 1. The molecule has 1 aromatic rings. The quantitative estimate of drug-likeness (QED) is 0.430. The van der Waals surface area contributed by atoms with Gasteiger partial charge < -0.3 is 14.4 Å². The summed E-state index contributed by atoms with van der Waals surface area (Å²) in [5.74, 6) is -0.307. The van der Waals surface area contributed by atoms with Crippen LogP contribution in [-0.2, 0) is 10.3 Å². The predicted molar refractivity (Wildman–Crippen MR) is 121 cm³/mol. The number of Topliss-reactive ketones (excluding diaryl/α,β-unsaturated/α-hetero) is 1. The molecule has 1 saturated carbocycles. The van der Waals surface area contributed by atoms with E-state index in [-0.39, 0.29) is 36.1 Å². The number of carbonyl (C=O) groups is 1. The molecule has 0 unspecified atom stereocenters. The zero-order valence-electron chi connectivity index (χ0n) is 19.0. The third kappa shape index (κ3) is 4.16. The highest BCUT2D eigenvalue weighted by molar-refractivity contribution is 6.08. The summed E-state index contributed by atoms with van der Waals surface area (Å²) >= 11 is 0. The van der Waals surface area contributed by atoms with Crippen molar-refractivity contribution in [1.82, 2.24) is 4.90 Å². The van der Waals surface area contributed by atoms with E-state index in [2.05, 4.69) is 6.58 Å². The Labute approximate surface area is 183 Å². The Hall–Kier alpha value is -2.89. The Morgan fingerprint density at radius 2 is 1.87 bits per heavy atom. The maximum Gasteiger partial charge on any atom is 0.197 e. The number of ether oxygens (including phenoxy) is 2. The summed E-state index contributed by atoms with van der Waals surface area (Å²) in [7, 11) is 0. The summed E-state index contributed by atoms with van der Waals surface area (Å²) in [6.07, 6.45) is 5.10. The Morgan fingerprint density at radius 1 is 1.23 bits per heavy atom. The fraction of sp³-hybridized carbons (Fsp3) is 0.440. The number of fused-ring (bicyclic) bond motifs is 2. The molecule has 0 saturated heterocycles. The second kappa shape index (κ2) is 8.69. The van der Waals surface area contributed by atoms with Crippen LogP contribution in [0.3, 0.4) is 0 Å². The topological polar surface area (TPSA) is 62.6 Å². The number of allylic oxidation sites excluding steroid dienone is 4. The van der Waals surface area contributed by atoms with Crippen molar-refractivity contribution in [2.24, 2.45) is 0 Å². The van der Waals surface area contributed by atoms with E-state index in [1.165, 1.54) is 0 Å². The molecule has 1 heterocycles. The van der Waals surface area contributed by atoms with E-state index in [0.29, 0.717) is 23.5 Å². The lowest BCUT2D eigenvalue weighted by molar-refractivity contribution is -0.116. The van der Waals surface area contributed by atoms with Crippen molar-refractivity contribution in [2.75, 3.05) is 19.8 Å². The highest BCUT2D eigenvalue weighted by atomic mass is 19.1. The predicted octanol–water partition coefficient (Wildman–Crippen LogP) is 5.29. The van der Waals surface area contributed by atoms with Gasteiger partial charge >= 0.3 is 0 Å². The lowest BCUT2D eigenvalue weighted by Crippen LogP contribution is -2.38. The van der Waals surface area contributed by atoms with Crippen molar-refractivity contribution in [2.45, 2.75) is 53.0 Å². The summed E-state index contributed by atoms with van der Waals surface area (Å²) in [6.45, 7) is 13.8. The molecule has 1 aliphatic heterocycles. The molecule has 1 N–H and O–H groups in total. The number of carbonyl (C=O) groups excluding carboxylic acids is 1. The summed E-state index contributed by atoms with van der Waals surface area (Å²) in [5.41, 5.74) is 2.70. The first-order valence-electron chi connectivity index (χ1n) is 10.7. The van der Waals surface area contributed by atoms with Crippen LogP contribution in [0.4, 0.5) is 4.39 Å². The maximum atomic E-state index is 15.5. The minimum Gasteiger partial charge on any atom is -0.490 e. The lowest BCUT2D eigenvalue weighted by atomic mass is 10.0. The SMILES string of the molecule is C=C(C)C=C(C=C(C)C)C(=O)CN1C(=N)c2c(cc(OCC)c(OCC)c2F)C12CC2. The van der Waals surface area contributed by atoms with E-state index in [1.807, 2.05) is 33.8 Å². The van der Waals surface area contributed by atoms with Gasteiger partial charge in [-0.2, -0.15) is 0 Å². The van der Waals surface area contributed by atoms with Gasteiger partial charge in [0.2, 0.25) is 0 Å². The number of hydrogen-bond acceptors (Lipinski definition) is 4. The van der Waals surface area contributed by atoms with Crippen molar-refractivity contribution < 1.29 is 18.7 Å². The molecule has 6 heteroatoms. The number of nitrogens with zero attached hydrogens (tertiary/aromatic N) is 1. The van der Waals surface area contributed by atoms with Crippen LogP contribution < -0.4 is 9.47 Å². The monoisotopic (exact) mass is 426 g/mol. The van der Waals surface area contributed by atoms with Gasteiger partial charge in [0.1, 0.15) is 5.84 Å². The van der Waals surface area contributed by atoms with Crippen LogP contribution in [0.2, 0.25) is 0 Å².